The summed E-state index contributed by atoms with van der Waals surface area (Å²) in [7, 11) is 1.58. The van der Waals surface area contributed by atoms with Crippen molar-refractivity contribution in [3.8, 4) is 0 Å². The second-order valence-corrected chi connectivity index (χ2v) is 5.06. The van der Waals surface area contributed by atoms with Gasteiger partial charge in [-0.05, 0) is 12.3 Å². The molecule has 0 radical (unpaired) electrons. The van der Waals surface area contributed by atoms with E-state index in [1.54, 1.807) is 7.11 Å². The quantitative estimate of drug-likeness (QED) is 0.668. The van der Waals surface area contributed by atoms with E-state index in [0.717, 1.165) is 12.8 Å². The molecule has 0 aliphatic carbocycles. The second-order valence-electron chi connectivity index (χ2n) is 5.06. The largest absolute Gasteiger partial charge is 0.480 e. The highest BCUT2D eigenvalue weighted by Gasteiger charge is 2.20. The van der Waals surface area contributed by atoms with Gasteiger partial charge in [0, 0.05) is 13.7 Å². The third-order valence-electron chi connectivity index (χ3n) is 2.53. The molecule has 0 aromatic rings. The number of nitrogens with one attached hydrogen (secondary N) is 1. The number of ether oxygens (including phenoxy) is 1. The molecule has 19 heavy (non-hydrogen) atoms. The zero-order chi connectivity index (χ0) is 14.8. The normalized spacial score (nSPS) is 12.3. The maximum Gasteiger partial charge on any atom is 0.323 e. The van der Waals surface area contributed by atoms with Gasteiger partial charge < -0.3 is 20.1 Å². The number of carboxylic acids is 1. The first-order chi connectivity index (χ1) is 8.90. The van der Waals surface area contributed by atoms with Crippen LogP contribution in [0, 0.1) is 5.92 Å². The number of methoxy groups -OCH3 is 1. The second kappa shape index (κ2) is 9.61. The van der Waals surface area contributed by atoms with Crippen molar-refractivity contribution in [2.24, 2.45) is 5.92 Å². The predicted octanol–water partition coefficient (Wildman–Crippen LogP) is 1.55. The first-order valence-electron chi connectivity index (χ1n) is 6.66. The van der Waals surface area contributed by atoms with Crippen LogP contribution in [0.15, 0.2) is 0 Å². The molecule has 0 saturated heterocycles. The van der Waals surface area contributed by atoms with Gasteiger partial charge in [-0.1, -0.05) is 27.2 Å². The lowest BCUT2D eigenvalue weighted by Crippen LogP contribution is -2.49. The molecule has 2 amide bonds. The smallest absolute Gasteiger partial charge is 0.323 e. The van der Waals surface area contributed by atoms with Gasteiger partial charge in [0.15, 0.2) is 0 Å². The van der Waals surface area contributed by atoms with Crippen LogP contribution in [0.5, 0.6) is 0 Å². The Hall–Kier alpha value is -1.30. The molecule has 1 unspecified atom stereocenters. The lowest BCUT2D eigenvalue weighted by molar-refractivity contribution is -0.137. The highest BCUT2D eigenvalue weighted by Crippen LogP contribution is 2.02. The van der Waals surface area contributed by atoms with Gasteiger partial charge in [0.25, 0.3) is 0 Å². The molecule has 0 aromatic heterocycles. The van der Waals surface area contributed by atoms with Crippen molar-refractivity contribution in [2.45, 2.75) is 39.7 Å². The molecule has 0 rings (SSSR count). The highest BCUT2D eigenvalue weighted by molar-refractivity contribution is 5.80. The lowest BCUT2D eigenvalue weighted by atomic mass is 10.2. The Balaban J connectivity index is 4.53. The van der Waals surface area contributed by atoms with Crippen molar-refractivity contribution < 1.29 is 19.4 Å². The fourth-order valence-electron chi connectivity index (χ4n) is 1.84. The standard InChI is InChI=1S/C13H26N2O4/c1-5-6-11(9-19-4)14-13(18)15(7-10(2)3)8-12(16)17/h10-11H,5-9H2,1-4H3,(H,14,18)(H,16,17). The third-order valence-corrected chi connectivity index (χ3v) is 2.53. The molecule has 2 N–H and O–H groups in total. The van der Waals surface area contributed by atoms with Crippen LogP contribution in [0.4, 0.5) is 4.79 Å². The Morgan fingerprint density at radius 1 is 1.37 bits per heavy atom. The van der Waals surface area contributed by atoms with E-state index in [2.05, 4.69) is 5.32 Å². The van der Waals surface area contributed by atoms with Crippen LogP contribution in [-0.4, -0.2) is 54.9 Å². The Morgan fingerprint density at radius 2 is 2.00 bits per heavy atom. The number of carbonyl (C=O) groups is 2. The van der Waals surface area contributed by atoms with E-state index in [1.807, 2.05) is 20.8 Å². The number of hydrogen-bond acceptors (Lipinski definition) is 3. The van der Waals surface area contributed by atoms with Crippen molar-refractivity contribution in [2.75, 3.05) is 26.8 Å². The SMILES string of the molecule is CCCC(COC)NC(=O)N(CC(=O)O)CC(C)C. The molecular weight excluding hydrogens is 248 g/mol. The van der Waals surface area contributed by atoms with Gasteiger partial charge in [-0.3, -0.25) is 4.79 Å². The summed E-state index contributed by atoms with van der Waals surface area (Å²) < 4.78 is 5.05. The monoisotopic (exact) mass is 274 g/mol. The van der Waals surface area contributed by atoms with E-state index in [1.165, 1.54) is 4.90 Å². The van der Waals surface area contributed by atoms with E-state index in [-0.39, 0.29) is 24.5 Å². The van der Waals surface area contributed by atoms with Gasteiger partial charge in [0.05, 0.1) is 12.6 Å². The number of carboxylic acid groups (broad SMARTS) is 1. The molecule has 112 valence electrons. The Labute approximate surface area is 115 Å². The highest BCUT2D eigenvalue weighted by atomic mass is 16.5. The van der Waals surface area contributed by atoms with Crippen LogP contribution in [0.25, 0.3) is 0 Å². The van der Waals surface area contributed by atoms with Gasteiger partial charge in [-0.25, -0.2) is 4.79 Å². The number of hydrogen-bond donors (Lipinski definition) is 2. The van der Waals surface area contributed by atoms with Crippen molar-refractivity contribution in [1.29, 1.82) is 0 Å². The van der Waals surface area contributed by atoms with Gasteiger partial charge in [-0.15, -0.1) is 0 Å². The van der Waals surface area contributed by atoms with Crippen molar-refractivity contribution in [1.82, 2.24) is 10.2 Å². The van der Waals surface area contributed by atoms with E-state index >= 15 is 0 Å². The Kier molecular flexibility index (Phi) is 8.95. The summed E-state index contributed by atoms with van der Waals surface area (Å²) in [5, 5.41) is 11.7. The van der Waals surface area contributed by atoms with Crippen molar-refractivity contribution in [3.63, 3.8) is 0 Å². The van der Waals surface area contributed by atoms with Crippen LogP contribution in [0.3, 0.4) is 0 Å². The number of rotatable bonds is 9. The number of nitrogens with zero attached hydrogens (tertiary/aromatic N) is 1. The topological polar surface area (TPSA) is 78.9 Å². The molecule has 0 saturated carbocycles. The molecule has 0 heterocycles. The van der Waals surface area contributed by atoms with Crippen molar-refractivity contribution >= 4 is 12.0 Å². The number of amides is 2. The van der Waals surface area contributed by atoms with E-state index < -0.39 is 5.97 Å². The minimum atomic E-state index is -1.01. The fourth-order valence-corrected chi connectivity index (χ4v) is 1.84. The average molecular weight is 274 g/mol. The Morgan fingerprint density at radius 3 is 2.42 bits per heavy atom. The summed E-state index contributed by atoms with van der Waals surface area (Å²) in [6.07, 6.45) is 1.74. The van der Waals surface area contributed by atoms with Crippen LogP contribution < -0.4 is 5.32 Å². The zero-order valence-electron chi connectivity index (χ0n) is 12.3. The van der Waals surface area contributed by atoms with Crippen LogP contribution in [0.1, 0.15) is 33.6 Å². The average Bonchev–Trinajstić information content (AvgIpc) is 2.27. The molecule has 0 bridgehead atoms. The zero-order valence-corrected chi connectivity index (χ0v) is 12.3. The third kappa shape index (κ3) is 8.42. The molecule has 1 atom stereocenters. The first kappa shape index (κ1) is 17.7. The molecule has 6 heteroatoms. The maximum atomic E-state index is 12.1. The minimum absolute atomic E-state index is 0.0778. The van der Waals surface area contributed by atoms with E-state index in [9.17, 15) is 9.59 Å². The van der Waals surface area contributed by atoms with Crippen LogP contribution in [0.2, 0.25) is 0 Å². The van der Waals surface area contributed by atoms with Crippen molar-refractivity contribution in [3.05, 3.63) is 0 Å². The van der Waals surface area contributed by atoms with Gasteiger partial charge in [0.1, 0.15) is 6.54 Å². The summed E-state index contributed by atoms with van der Waals surface area (Å²) in [4.78, 5) is 24.2. The van der Waals surface area contributed by atoms with E-state index in [4.69, 9.17) is 9.84 Å². The Bertz CT molecular complexity index is 276. The van der Waals surface area contributed by atoms with Crippen LogP contribution >= 0.6 is 0 Å². The predicted molar refractivity (Wildman–Crippen MR) is 73.2 cm³/mol. The molecule has 0 spiro atoms. The minimum Gasteiger partial charge on any atom is -0.480 e. The number of carbonyl (C=O) groups excluding carboxylic acids is 1. The molecule has 0 aliphatic heterocycles. The maximum absolute atomic E-state index is 12.1. The summed E-state index contributed by atoms with van der Waals surface area (Å²) in [5.74, 6) is -0.785. The van der Waals surface area contributed by atoms with Gasteiger partial charge in [-0.2, -0.15) is 0 Å². The number of aliphatic carboxylic acids is 1. The lowest BCUT2D eigenvalue weighted by Gasteiger charge is -2.26. The fraction of sp³-hybridized carbons (Fsp3) is 0.846. The summed E-state index contributed by atoms with van der Waals surface area (Å²) >= 11 is 0. The molecule has 0 aromatic carbocycles. The van der Waals surface area contributed by atoms with E-state index in [0.29, 0.717) is 13.2 Å². The first-order valence-corrected chi connectivity index (χ1v) is 6.66. The molecular formula is C13H26N2O4. The van der Waals surface area contributed by atoms with Crippen LogP contribution in [-0.2, 0) is 9.53 Å². The summed E-state index contributed by atoms with van der Waals surface area (Å²) in [5.41, 5.74) is 0. The molecule has 0 fully saturated rings. The molecule has 6 nitrogen and oxygen atoms in total. The molecule has 0 aliphatic rings. The van der Waals surface area contributed by atoms with Gasteiger partial charge in [0.2, 0.25) is 0 Å². The summed E-state index contributed by atoms with van der Waals surface area (Å²) in [6.45, 7) is 6.49. The number of urea groups is 1. The van der Waals surface area contributed by atoms with Gasteiger partial charge >= 0.3 is 12.0 Å². The summed E-state index contributed by atoms with van der Waals surface area (Å²) in [6, 6.07) is -0.419.